The predicted octanol–water partition coefficient (Wildman–Crippen LogP) is 3.09. The zero-order valence-corrected chi connectivity index (χ0v) is 14.4. The number of carbonyl (C=O) groups excluding carboxylic acids is 1. The summed E-state index contributed by atoms with van der Waals surface area (Å²) < 4.78 is 10.4. The number of carbonyl (C=O) groups is 2. The normalized spacial score (nSPS) is 20.5. The van der Waals surface area contributed by atoms with Gasteiger partial charge in [-0.3, -0.25) is 9.59 Å². The molecule has 1 amide bonds. The van der Waals surface area contributed by atoms with E-state index in [-0.39, 0.29) is 5.91 Å². The lowest BCUT2D eigenvalue weighted by molar-refractivity contribution is -0.146. The molecule has 0 spiro atoms. The van der Waals surface area contributed by atoms with Crippen LogP contribution in [0.3, 0.4) is 0 Å². The topological polar surface area (TPSA) is 84.9 Å². The molecular weight excluding hydrogens is 310 g/mol. The van der Waals surface area contributed by atoms with Gasteiger partial charge in [-0.05, 0) is 38.8 Å². The lowest BCUT2D eigenvalue weighted by Gasteiger charge is -2.29. The largest absolute Gasteiger partial charge is 0.497 e. The van der Waals surface area contributed by atoms with E-state index in [9.17, 15) is 14.7 Å². The smallest absolute Gasteiger partial charge is 0.307 e. The standard InChI is InChI=1S/C18H23NO5/c1-10-7-13(14(18(21)22)8-11(10)2)17(20)19-15-9-12(23-3)5-6-16(15)24-4/h5-6,9,13-14H,7-8H2,1-4H3,(H,19,20)(H,21,22)/t13-,14+/m1/s1. The lowest BCUT2D eigenvalue weighted by atomic mass is 9.76. The Balaban J connectivity index is 2.26. The molecular formula is C18H23NO5. The van der Waals surface area contributed by atoms with Gasteiger partial charge in [-0.1, -0.05) is 11.1 Å². The number of benzene rings is 1. The van der Waals surface area contributed by atoms with Crippen molar-refractivity contribution < 1.29 is 24.2 Å². The first-order chi connectivity index (χ1) is 11.4. The summed E-state index contributed by atoms with van der Waals surface area (Å²) in [5.74, 6) is -1.51. The van der Waals surface area contributed by atoms with E-state index in [4.69, 9.17) is 9.47 Å². The maximum Gasteiger partial charge on any atom is 0.307 e. The van der Waals surface area contributed by atoms with Gasteiger partial charge in [0.1, 0.15) is 11.5 Å². The van der Waals surface area contributed by atoms with E-state index in [1.807, 2.05) is 13.8 Å². The summed E-state index contributed by atoms with van der Waals surface area (Å²) in [6.45, 7) is 3.87. The molecule has 0 heterocycles. The maximum absolute atomic E-state index is 12.7. The second-order valence-electron chi connectivity index (χ2n) is 6.08. The average molecular weight is 333 g/mol. The van der Waals surface area contributed by atoms with Crippen LogP contribution in [0.2, 0.25) is 0 Å². The van der Waals surface area contributed by atoms with Gasteiger partial charge in [-0.2, -0.15) is 0 Å². The van der Waals surface area contributed by atoms with Crippen molar-refractivity contribution >= 4 is 17.6 Å². The zero-order chi connectivity index (χ0) is 17.9. The summed E-state index contributed by atoms with van der Waals surface area (Å²) in [5, 5.41) is 12.3. The molecule has 6 heteroatoms. The molecule has 0 radical (unpaired) electrons. The van der Waals surface area contributed by atoms with E-state index < -0.39 is 17.8 Å². The van der Waals surface area contributed by atoms with Gasteiger partial charge < -0.3 is 19.9 Å². The molecule has 6 nitrogen and oxygen atoms in total. The summed E-state index contributed by atoms with van der Waals surface area (Å²) in [5.41, 5.74) is 2.59. The van der Waals surface area contributed by atoms with Gasteiger partial charge in [-0.25, -0.2) is 0 Å². The van der Waals surface area contributed by atoms with E-state index in [0.717, 1.165) is 11.1 Å². The summed E-state index contributed by atoms with van der Waals surface area (Å²) >= 11 is 0. The molecule has 0 aromatic heterocycles. The minimum absolute atomic E-state index is 0.319. The fraction of sp³-hybridized carbons (Fsp3) is 0.444. The van der Waals surface area contributed by atoms with E-state index in [0.29, 0.717) is 30.0 Å². The highest BCUT2D eigenvalue weighted by Gasteiger charge is 2.37. The van der Waals surface area contributed by atoms with Crippen molar-refractivity contribution in [3.8, 4) is 11.5 Å². The molecule has 0 saturated heterocycles. The Hall–Kier alpha value is -2.50. The van der Waals surface area contributed by atoms with Crippen molar-refractivity contribution in [2.75, 3.05) is 19.5 Å². The van der Waals surface area contributed by atoms with Crippen LogP contribution < -0.4 is 14.8 Å². The molecule has 0 fully saturated rings. The van der Waals surface area contributed by atoms with Crippen LogP contribution >= 0.6 is 0 Å². The Morgan fingerprint density at radius 1 is 1.08 bits per heavy atom. The molecule has 0 saturated carbocycles. The molecule has 1 aromatic carbocycles. The number of aliphatic carboxylic acids is 1. The van der Waals surface area contributed by atoms with Gasteiger partial charge in [0, 0.05) is 6.07 Å². The number of rotatable bonds is 5. The number of amides is 1. The van der Waals surface area contributed by atoms with Crippen LogP contribution in [-0.4, -0.2) is 31.2 Å². The quantitative estimate of drug-likeness (QED) is 0.809. The Labute approximate surface area is 141 Å². The number of anilines is 1. The van der Waals surface area contributed by atoms with E-state index >= 15 is 0 Å². The number of methoxy groups -OCH3 is 2. The number of nitrogens with one attached hydrogen (secondary N) is 1. The summed E-state index contributed by atoms with van der Waals surface area (Å²) in [4.78, 5) is 24.3. The second kappa shape index (κ2) is 7.38. The van der Waals surface area contributed by atoms with Crippen LogP contribution in [-0.2, 0) is 9.59 Å². The average Bonchev–Trinajstić information content (AvgIpc) is 2.56. The number of allylic oxidation sites excluding steroid dienone is 2. The molecule has 2 atom stereocenters. The first kappa shape index (κ1) is 17.8. The number of ether oxygens (including phenoxy) is 2. The molecule has 130 valence electrons. The number of hydrogen-bond acceptors (Lipinski definition) is 4. The zero-order valence-electron chi connectivity index (χ0n) is 14.4. The Bertz CT molecular complexity index is 680. The van der Waals surface area contributed by atoms with Crippen molar-refractivity contribution in [1.29, 1.82) is 0 Å². The van der Waals surface area contributed by atoms with Crippen LogP contribution in [0.15, 0.2) is 29.3 Å². The molecule has 24 heavy (non-hydrogen) atoms. The number of carboxylic acids is 1. The predicted molar refractivity (Wildman–Crippen MR) is 90.4 cm³/mol. The second-order valence-corrected chi connectivity index (χ2v) is 6.08. The van der Waals surface area contributed by atoms with Crippen LogP contribution in [0, 0.1) is 11.8 Å². The van der Waals surface area contributed by atoms with Crippen molar-refractivity contribution in [2.24, 2.45) is 11.8 Å². The van der Waals surface area contributed by atoms with Gasteiger partial charge in [0.25, 0.3) is 0 Å². The molecule has 0 bridgehead atoms. The Morgan fingerprint density at radius 3 is 2.25 bits per heavy atom. The summed E-state index contributed by atoms with van der Waals surface area (Å²) in [6.07, 6.45) is 0.843. The number of hydrogen-bond donors (Lipinski definition) is 2. The lowest BCUT2D eigenvalue weighted by Crippen LogP contribution is -2.36. The molecule has 0 unspecified atom stereocenters. The monoisotopic (exact) mass is 333 g/mol. The molecule has 2 rings (SSSR count). The Kier molecular flexibility index (Phi) is 5.49. The molecule has 2 N–H and O–H groups in total. The third-order valence-electron chi connectivity index (χ3n) is 4.58. The van der Waals surface area contributed by atoms with Crippen molar-refractivity contribution in [1.82, 2.24) is 0 Å². The van der Waals surface area contributed by atoms with Gasteiger partial charge in [0.2, 0.25) is 5.91 Å². The maximum atomic E-state index is 12.7. The fourth-order valence-corrected chi connectivity index (χ4v) is 2.96. The summed E-state index contributed by atoms with van der Waals surface area (Å²) in [6, 6.07) is 5.08. The third-order valence-corrected chi connectivity index (χ3v) is 4.58. The minimum Gasteiger partial charge on any atom is -0.497 e. The Morgan fingerprint density at radius 2 is 1.71 bits per heavy atom. The minimum atomic E-state index is -0.945. The van der Waals surface area contributed by atoms with E-state index in [1.165, 1.54) is 14.2 Å². The molecule has 1 aliphatic rings. The summed E-state index contributed by atoms with van der Waals surface area (Å²) in [7, 11) is 3.04. The number of carboxylic acid groups (broad SMARTS) is 1. The highest BCUT2D eigenvalue weighted by Crippen LogP contribution is 2.36. The van der Waals surface area contributed by atoms with Crippen LogP contribution in [0.25, 0.3) is 0 Å². The first-order valence-corrected chi connectivity index (χ1v) is 7.78. The van der Waals surface area contributed by atoms with Crippen LogP contribution in [0.4, 0.5) is 5.69 Å². The van der Waals surface area contributed by atoms with Crippen LogP contribution in [0.1, 0.15) is 26.7 Å². The van der Waals surface area contributed by atoms with Crippen molar-refractivity contribution in [2.45, 2.75) is 26.7 Å². The fourth-order valence-electron chi connectivity index (χ4n) is 2.96. The molecule has 1 aromatic rings. The van der Waals surface area contributed by atoms with Crippen LogP contribution in [0.5, 0.6) is 11.5 Å². The highest BCUT2D eigenvalue weighted by atomic mass is 16.5. The highest BCUT2D eigenvalue weighted by molar-refractivity contribution is 5.97. The van der Waals surface area contributed by atoms with Gasteiger partial charge in [0.15, 0.2) is 0 Å². The van der Waals surface area contributed by atoms with Gasteiger partial charge in [0.05, 0.1) is 31.7 Å². The molecule has 1 aliphatic carbocycles. The third kappa shape index (κ3) is 3.69. The molecule has 0 aliphatic heterocycles. The van der Waals surface area contributed by atoms with Gasteiger partial charge >= 0.3 is 5.97 Å². The SMILES string of the molecule is COc1ccc(OC)c(NC(=O)[C@@H]2CC(C)=C(C)C[C@@H]2C(=O)O)c1. The van der Waals surface area contributed by atoms with Gasteiger partial charge in [-0.15, -0.1) is 0 Å². The van der Waals surface area contributed by atoms with Crippen molar-refractivity contribution in [3.05, 3.63) is 29.3 Å². The van der Waals surface area contributed by atoms with E-state index in [1.54, 1.807) is 18.2 Å². The first-order valence-electron chi connectivity index (χ1n) is 7.78. The van der Waals surface area contributed by atoms with Crippen molar-refractivity contribution in [3.63, 3.8) is 0 Å². The van der Waals surface area contributed by atoms with E-state index in [2.05, 4.69) is 5.32 Å².